The first-order valence-corrected chi connectivity index (χ1v) is 11.5. The number of carbonyl (C=O) groups is 1. The first kappa shape index (κ1) is 25.4. The van der Waals surface area contributed by atoms with E-state index in [1.165, 1.54) is 30.8 Å². The molecule has 1 unspecified atom stereocenters. The van der Waals surface area contributed by atoms with E-state index in [4.69, 9.17) is 10.00 Å². The molecular formula is C24H28FN7O4. The summed E-state index contributed by atoms with van der Waals surface area (Å²) in [4.78, 5) is 21.6. The van der Waals surface area contributed by atoms with Crippen molar-refractivity contribution in [1.29, 1.82) is 5.26 Å². The number of aromatic nitrogens is 4. The lowest BCUT2D eigenvalue weighted by atomic mass is 9.96. The van der Waals surface area contributed by atoms with Crippen LogP contribution in [0, 0.1) is 11.3 Å². The first-order chi connectivity index (χ1) is 17.1. The molecule has 0 bridgehead atoms. The number of nitrogens with zero attached hydrogens (tertiary/aromatic N) is 5. The average Bonchev–Trinajstić information content (AvgIpc) is 3.28. The molecule has 1 saturated heterocycles. The summed E-state index contributed by atoms with van der Waals surface area (Å²) in [6.07, 6.45) is 5.44. The number of alkyl halides is 1. The van der Waals surface area contributed by atoms with E-state index in [-0.39, 0.29) is 25.3 Å². The van der Waals surface area contributed by atoms with Crippen LogP contribution in [0.1, 0.15) is 42.6 Å². The predicted molar refractivity (Wildman–Crippen MR) is 128 cm³/mol. The van der Waals surface area contributed by atoms with Crippen LogP contribution in [0.15, 0.2) is 30.9 Å². The lowest BCUT2D eigenvalue weighted by Crippen LogP contribution is -2.45. The molecule has 1 amide bonds. The normalized spacial score (nSPS) is 19.0. The number of hydrogen-bond donors (Lipinski definition) is 4. The minimum Gasteiger partial charge on any atom is -0.387 e. The van der Waals surface area contributed by atoms with Crippen molar-refractivity contribution in [3.8, 4) is 17.3 Å². The maximum atomic E-state index is 14.2. The Hall–Kier alpha value is -3.66. The third kappa shape index (κ3) is 5.59. The van der Waals surface area contributed by atoms with Crippen LogP contribution >= 0.6 is 0 Å². The number of rotatable bonds is 8. The molecule has 36 heavy (non-hydrogen) atoms. The fourth-order valence-electron chi connectivity index (χ4n) is 3.81. The van der Waals surface area contributed by atoms with E-state index in [9.17, 15) is 19.4 Å². The van der Waals surface area contributed by atoms with Crippen molar-refractivity contribution in [2.45, 2.75) is 44.1 Å². The van der Waals surface area contributed by atoms with E-state index in [1.54, 1.807) is 18.5 Å². The molecule has 2 atom stereocenters. The van der Waals surface area contributed by atoms with Gasteiger partial charge in [-0.3, -0.25) is 9.78 Å². The Labute approximate surface area is 206 Å². The van der Waals surface area contributed by atoms with Crippen molar-refractivity contribution in [2.75, 3.05) is 31.6 Å². The Balaban J connectivity index is 1.64. The number of ether oxygens (including phenoxy) is 1. The Morgan fingerprint density at radius 3 is 2.89 bits per heavy atom. The van der Waals surface area contributed by atoms with E-state index in [0.717, 1.165) is 0 Å². The van der Waals surface area contributed by atoms with Gasteiger partial charge in [0.2, 0.25) is 0 Å². The van der Waals surface area contributed by atoms with Crippen LogP contribution < -0.4 is 10.6 Å². The molecule has 4 N–H and O–H groups in total. The van der Waals surface area contributed by atoms with Gasteiger partial charge in [0, 0.05) is 25.5 Å². The van der Waals surface area contributed by atoms with Crippen LogP contribution in [-0.4, -0.2) is 79.4 Å². The quantitative estimate of drug-likeness (QED) is 0.361. The zero-order valence-corrected chi connectivity index (χ0v) is 20.0. The Morgan fingerprint density at radius 1 is 1.39 bits per heavy atom. The highest BCUT2D eigenvalue weighted by Gasteiger charge is 2.31. The van der Waals surface area contributed by atoms with E-state index in [2.05, 4.69) is 25.7 Å². The molecule has 1 aliphatic rings. The smallest absolute Gasteiger partial charge is 0.255 e. The van der Waals surface area contributed by atoms with Gasteiger partial charge in [-0.2, -0.15) is 10.4 Å². The number of hydrogen-bond acceptors (Lipinski definition) is 9. The summed E-state index contributed by atoms with van der Waals surface area (Å²) >= 11 is 0. The van der Waals surface area contributed by atoms with E-state index < -0.39 is 23.3 Å². The topological polar surface area (TPSA) is 158 Å². The standard InChI is InChI=1S/C24H28FN7O4/c1-23(2,34)20(25)11-29-22(33)17-9-27-18(6-19(17)30-13-24(35)4-3-5-36-14-24)16-10-31-32-12-15(7-26)8-28-21(16)32/h6,8-10,12,20,34-35H,3-5,11,13-14H2,1-2H3,(H,27,30)(H,29,33)/t20-,24?/m1/s1. The summed E-state index contributed by atoms with van der Waals surface area (Å²) in [5.74, 6) is -0.591. The summed E-state index contributed by atoms with van der Waals surface area (Å²) < 4.78 is 21.1. The number of nitrogens with one attached hydrogen (secondary N) is 2. The van der Waals surface area contributed by atoms with Gasteiger partial charge >= 0.3 is 0 Å². The molecule has 12 heteroatoms. The molecule has 3 aromatic rings. The summed E-state index contributed by atoms with van der Waals surface area (Å²) in [6.45, 7) is 3.11. The molecule has 0 saturated carbocycles. The summed E-state index contributed by atoms with van der Waals surface area (Å²) in [7, 11) is 0. The summed E-state index contributed by atoms with van der Waals surface area (Å²) in [5.41, 5.74) is -0.383. The average molecular weight is 498 g/mol. The minimum atomic E-state index is -1.67. The van der Waals surface area contributed by atoms with Crippen LogP contribution in [-0.2, 0) is 4.74 Å². The lowest BCUT2D eigenvalue weighted by molar-refractivity contribution is -0.0763. The van der Waals surface area contributed by atoms with Gasteiger partial charge in [0.05, 0.1) is 59.2 Å². The van der Waals surface area contributed by atoms with Crippen LogP contribution in [0.4, 0.5) is 10.1 Å². The molecule has 4 rings (SSSR count). The molecule has 0 spiro atoms. The molecule has 0 aromatic carbocycles. The van der Waals surface area contributed by atoms with Crippen LogP contribution in [0.3, 0.4) is 0 Å². The second-order valence-electron chi connectivity index (χ2n) is 9.46. The van der Waals surface area contributed by atoms with Crippen molar-refractivity contribution >= 4 is 17.2 Å². The predicted octanol–water partition coefficient (Wildman–Crippen LogP) is 1.46. The van der Waals surface area contributed by atoms with Gasteiger partial charge in [-0.25, -0.2) is 13.9 Å². The number of carbonyl (C=O) groups excluding carboxylic acids is 1. The van der Waals surface area contributed by atoms with E-state index >= 15 is 0 Å². The molecule has 1 fully saturated rings. The molecule has 4 heterocycles. The molecule has 11 nitrogen and oxygen atoms in total. The Morgan fingerprint density at radius 2 is 2.19 bits per heavy atom. The number of anilines is 1. The van der Waals surface area contributed by atoms with Gasteiger partial charge in [0.25, 0.3) is 5.91 Å². The number of nitriles is 1. The van der Waals surface area contributed by atoms with E-state index in [0.29, 0.717) is 47.6 Å². The fourth-order valence-corrected chi connectivity index (χ4v) is 3.81. The lowest BCUT2D eigenvalue weighted by Gasteiger charge is -2.32. The first-order valence-electron chi connectivity index (χ1n) is 11.5. The Kier molecular flexibility index (Phi) is 7.16. The second-order valence-corrected chi connectivity index (χ2v) is 9.46. The monoisotopic (exact) mass is 497 g/mol. The van der Waals surface area contributed by atoms with Gasteiger partial charge in [0.15, 0.2) is 5.65 Å². The highest BCUT2D eigenvalue weighted by atomic mass is 19.1. The summed E-state index contributed by atoms with van der Waals surface area (Å²) in [6, 6.07) is 3.63. The van der Waals surface area contributed by atoms with Crippen LogP contribution in [0.25, 0.3) is 16.9 Å². The van der Waals surface area contributed by atoms with Crippen LogP contribution in [0.2, 0.25) is 0 Å². The number of fused-ring (bicyclic) bond motifs is 1. The molecule has 3 aromatic heterocycles. The molecule has 190 valence electrons. The highest BCUT2D eigenvalue weighted by molar-refractivity contribution is 6.00. The van der Waals surface area contributed by atoms with Gasteiger partial charge in [-0.1, -0.05) is 0 Å². The SMILES string of the molecule is CC(C)(O)[C@H](F)CNC(=O)c1cnc(-c2cnn3cc(C#N)cnc23)cc1NCC1(O)CCCOC1. The number of halogens is 1. The van der Waals surface area contributed by atoms with Crippen molar-refractivity contribution in [3.63, 3.8) is 0 Å². The fraction of sp³-hybridized carbons (Fsp3) is 0.458. The van der Waals surface area contributed by atoms with E-state index in [1.807, 2.05) is 6.07 Å². The van der Waals surface area contributed by atoms with Crippen LogP contribution in [0.5, 0.6) is 0 Å². The molecular weight excluding hydrogens is 469 g/mol. The molecule has 0 aliphatic carbocycles. The third-order valence-electron chi connectivity index (χ3n) is 6.03. The van der Waals surface area contributed by atoms with Gasteiger partial charge in [0.1, 0.15) is 17.8 Å². The maximum absolute atomic E-state index is 14.2. The van der Waals surface area contributed by atoms with Gasteiger partial charge in [-0.05, 0) is 32.8 Å². The van der Waals surface area contributed by atoms with Crippen molar-refractivity contribution < 1.29 is 24.1 Å². The number of pyridine rings is 1. The Bertz CT molecular complexity index is 1290. The minimum absolute atomic E-state index is 0.116. The number of aliphatic hydroxyl groups is 2. The van der Waals surface area contributed by atoms with Gasteiger partial charge < -0.3 is 25.6 Å². The second kappa shape index (κ2) is 10.1. The largest absolute Gasteiger partial charge is 0.387 e. The molecule has 1 aliphatic heterocycles. The van der Waals surface area contributed by atoms with Crippen molar-refractivity contribution in [3.05, 3.63) is 42.0 Å². The maximum Gasteiger partial charge on any atom is 0.255 e. The van der Waals surface area contributed by atoms with Crippen molar-refractivity contribution in [1.82, 2.24) is 24.9 Å². The number of amides is 1. The van der Waals surface area contributed by atoms with Crippen molar-refractivity contribution in [2.24, 2.45) is 0 Å². The molecule has 0 radical (unpaired) electrons. The van der Waals surface area contributed by atoms with Gasteiger partial charge in [-0.15, -0.1) is 0 Å². The third-order valence-corrected chi connectivity index (χ3v) is 6.03. The zero-order valence-electron chi connectivity index (χ0n) is 20.0. The zero-order chi connectivity index (χ0) is 25.9. The highest BCUT2D eigenvalue weighted by Crippen LogP contribution is 2.28. The summed E-state index contributed by atoms with van der Waals surface area (Å²) in [5, 5.41) is 39.6.